The fraction of sp³-hybridized carbons (Fsp3) is 0.450. The number of methoxy groups -OCH3 is 1. The maximum absolute atomic E-state index is 12.0. The second kappa shape index (κ2) is 5.74. The normalized spacial score (nSPS) is 27.8. The van der Waals surface area contributed by atoms with Crippen molar-refractivity contribution in [3.8, 4) is 5.88 Å². The Kier molecular flexibility index (Phi) is 3.54. The molecule has 0 bridgehead atoms. The van der Waals surface area contributed by atoms with Crippen molar-refractivity contribution in [2.24, 2.45) is 5.92 Å². The van der Waals surface area contributed by atoms with Crippen LogP contribution in [0.1, 0.15) is 17.5 Å². The van der Waals surface area contributed by atoms with Gasteiger partial charge in [-0.2, -0.15) is 0 Å². The van der Waals surface area contributed by atoms with Gasteiger partial charge in [0, 0.05) is 43.3 Å². The van der Waals surface area contributed by atoms with Gasteiger partial charge in [-0.1, -0.05) is 12.1 Å². The van der Waals surface area contributed by atoms with Crippen molar-refractivity contribution in [3.63, 3.8) is 0 Å². The van der Waals surface area contributed by atoms with Gasteiger partial charge in [0.15, 0.2) is 0 Å². The molecule has 142 valence electrons. The number of fused-ring (bicyclic) bond motifs is 2. The van der Waals surface area contributed by atoms with Crippen molar-refractivity contribution in [3.05, 3.63) is 52.2 Å². The Morgan fingerprint density at radius 2 is 2.26 bits per heavy atom. The molecule has 1 saturated heterocycles. The Bertz CT molecular complexity index is 1060. The maximum atomic E-state index is 12.0. The molecule has 1 fully saturated rings. The first-order valence-corrected chi connectivity index (χ1v) is 9.35. The Hall–Kier alpha value is -2.51. The molecule has 7 heteroatoms. The van der Waals surface area contributed by atoms with Gasteiger partial charge in [0.1, 0.15) is 5.60 Å². The first-order valence-electron chi connectivity index (χ1n) is 9.35. The van der Waals surface area contributed by atoms with Crippen LogP contribution in [0.25, 0.3) is 10.9 Å². The van der Waals surface area contributed by atoms with E-state index < -0.39 is 5.60 Å². The van der Waals surface area contributed by atoms with Crippen LogP contribution in [-0.4, -0.2) is 51.3 Å². The molecule has 5 rings (SSSR count). The van der Waals surface area contributed by atoms with Crippen LogP contribution in [0.3, 0.4) is 0 Å². The number of rotatable bonds is 3. The summed E-state index contributed by atoms with van der Waals surface area (Å²) in [5, 5.41) is 10.9. The van der Waals surface area contributed by atoms with Crippen molar-refractivity contribution in [2.75, 3.05) is 20.7 Å². The van der Waals surface area contributed by atoms with Crippen LogP contribution in [0.5, 0.6) is 5.88 Å². The molecule has 3 aromatic rings. The van der Waals surface area contributed by atoms with E-state index >= 15 is 0 Å². The van der Waals surface area contributed by atoms with E-state index in [0.717, 1.165) is 24.9 Å². The van der Waals surface area contributed by atoms with Gasteiger partial charge in [-0.3, -0.25) is 14.5 Å². The van der Waals surface area contributed by atoms with Gasteiger partial charge in [0.05, 0.1) is 6.20 Å². The Labute approximate surface area is 156 Å². The number of nitrogens with zero attached hydrogens (tertiary/aromatic N) is 2. The third kappa shape index (κ3) is 2.31. The van der Waals surface area contributed by atoms with Crippen molar-refractivity contribution >= 4 is 10.9 Å². The van der Waals surface area contributed by atoms with Crippen LogP contribution in [0.4, 0.5) is 0 Å². The number of imidazole rings is 1. The standard InChI is InChI=1S/C20H24N4O3/c1-23-9-12(10-24-11-17(25)22-19(24)26)7-20(27-2)14-4-3-5-15-18(14)13(8-21-15)6-16(20)23/h3-5,8,11-12,16,21,25H,6-7,9-10H2,1-2H3,(H,22,26)/t12?,16-,20+/m1/s1. The van der Waals surface area contributed by atoms with Gasteiger partial charge in [-0.15, -0.1) is 0 Å². The van der Waals surface area contributed by atoms with E-state index in [1.54, 1.807) is 11.7 Å². The topological polar surface area (TPSA) is 86.3 Å². The minimum Gasteiger partial charge on any atom is -0.493 e. The van der Waals surface area contributed by atoms with Crippen LogP contribution in [0.15, 0.2) is 35.4 Å². The van der Waals surface area contributed by atoms with E-state index in [9.17, 15) is 9.90 Å². The lowest BCUT2D eigenvalue weighted by atomic mass is 9.68. The van der Waals surface area contributed by atoms with E-state index in [1.807, 2.05) is 0 Å². The number of hydrogen-bond donors (Lipinski definition) is 3. The largest absolute Gasteiger partial charge is 0.493 e. The number of likely N-dealkylation sites (tertiary alicyclic amines) is 1. The quantitative estimate of drug-likeness (QED) is 0.658. The molecule has 0 saturated carbocycles. The Morgan fingerprint density at radius 3 is 3.00 bits per heavy atom. The number of aromatic hydroxyl groups is 1. The molecular formula is C20H24N4O3. The van der Waals surface area contributed by atoms with Crippen molar-refractivity contribution < 1.29 is 9.84 Å². The summed E-state index contributed by atoms with van der Waals surface area (Å²) in [7, 11) is 3.94. The van der Waals surface area contributed by atoms with E-state index in [4.69, 9.17) is 4.74 Å². The fourth-order valence-corrected chi connectivity index (χ4v) is 5.39. The first-order chi connectivity index (χ1) is 13.0. The van der Waals surface area contributed by atoms with Crippen molar-refractivity contribution in [2.45, 2.75) is 31.0 Å². The summed E-state index contributed by atoms with van der Waals surface area (Å²) in [6.07, 6.45) is 5.37. The highest BCUT2D eigenvalue weighted by molar-refractivity contribution is 5.88. The highest BCUT2D eigenvalue weighted by Crippen LogP contribution is 2.49. The predicted molar refractivity (Wildman–Crippen MR) is 102 cm³/mol. The third-order valence-electron chi connectivity index (χ3n) is 6.46. The lowest BCUT2D eigenvalue weighted by Gasteiger charge is -2.53. The van der Waals surface area contributed by atoms with Crippen LogP contribution in [0.2, 0.25) is 0 Å². The molecule has 7 nitrogen and oxygen atoms in total. The van der Waals surface area contributed by atoms with Crippen molar-refractivity contribution in [1.82, 2.24) is 19.4 Å². The number of piperidine rings is 1. The van der Waals surface area contributed by atoms with E-state index in [2.05, 4.69) is 46.3 Å². The molecule has 1 aliphatic heterocycles. The van der Waals surface area contributed by atoms with Gasteiger partial charge in [0.25, 0.3) is 0 Å². The first kappa shape index (κ1) is 16.6. The second-order valence-corrected chi connectivity index (χ2v) is 7.96. The minimum atomic E-state index is -0.408. The monoisotopic (exact) mass is 368 g/mol. The van der Waals surface area contributed by atoms with E-state index in [-0.39, 0.29) is 23.5 Å². The zero-order valence-corrected chi connectivity index (χ0v) is 15.5. The number of nitrogens with one attached hydrogen (secondary N) is 2. The molecule has 3 N–H and O–H groups in total. The molecule has 2 aromatic heterocycles. The highest BCUT2D eigenvalue weighted by atomic mass is 16.5. The predicted octanol–water partition coefficient (Wildman–Crippen LogP) is 1.78. The molecule has 0 radical (unpaired) electrons. The average molecular weight is 368 g/mol. The van der Waals surface area contributed by atoms with E-state index in [1.165, 1.54) is 22.7 Å². The van der Waals surface area contributed by atoms with Crippen LogP contribution >= 0.6 is 0 Å². The number of benzene rings is 1. The Morgan fingerprint density at radius 1 is 1.41 bits per heavy atom. The lowest BCUT2D eigenvalue weighted by Crippen LogP contribution is -2.59. The summed E-state index contributed by atoms with van der Waals surface area (Å²) < 4.78 is 7.83. The number of aromatic amines is 2. The molecule has 3 atom stereocenters. The number of hydrogen-bond acceptors (Lipinski definition) is 4. The highest BCUT2D eigenvalue weighted by Gasteiger charge is 2.51. The lowest BCUT2D eigenvalue weighted by molar-refractivity contribution is -0.127. The molecule has 1 unspecified atom stereocenters. The summed E-state index contributed by atoms with van der Waals surface area (Å²) in [4.78, 5) is 20.2. The summed E-state index contributed by atoms with van der Waals surface area (Å²) in [6, 6.07) is 6.63. The van der Waals surface area contributed by atoms with Gasteiger partial charge in [-0.25, -0.2) is 4.79 Å². The van der Waals surface area contributed by atoms with Gasteiger partial charge >= 0.3 is 5.69 Å². The molecule has 1 aliphatic carbocycles. The van der Waals surface area contributed by atoms with Crippen LogP contribution < -0.4 is 5.69 Å². The molecule has 27 heavy (non-hydrogen) atoms. The summed E-state index contributed by atoms with van der Waals surface area (Å²) in [6.45, 7) is 1.43. The summed E-state index contributed by atoms with van der Waals surface area (Å²) >= 11 is 0. The zero-order valence-electron chi connectivity index (χ0n) is 15.5. The fourth-order valence-electron chi connectivity index (χ4n) is 5.39. The molecule has 2 aliphatic rings. The van der Waals surface area contributed by atoms with Gasteiger partial charge in [-0.05, 0) is 43.0 Å². The third-order valence-corrected chi connectivity index (χ3v) is 6.46. The van der Waals surface area contributed by atoms with Crippen LogP contribution in [0, 0.1) is 5.92 Å². The molecule has 3 heterocycles. The maximum Gasteiger partial charge on any atom is 0.328 e. The zero-order chi connectivity index (χ0) is 18.8. The van der Waals surface area contributed by atoms with Crippen LogP contribution in [-0.2, 0) is 23.3 Å². The summed E-state index contributed by atoms with van der Waals surface area (Å²) in [5.74, 6) is 0.137. The van der Waals surface area contributed by atoms with Gasteiger partial charge < -0.3 is 14.8 Å². The van der Waals surface area contributed by atoms with Crippen molar-refractivity contribution in [1.29, 1.82) is 0 Å². The second-order valence-electron chi connectivity index (χ2n) is 7.96. The number of aromatic nitrogens is 3. The molecule has 0 spiro atoms. The number of ether oxygens (including phenoxy) is 1. The average Bonchev–Trinajstić information content (AvgIpc) is 3.20. The molecule has 0 amide bonds. The number of H-pyrrole nitrogens is 2. The number of likely N-dealkylation sites (N-methyl/N-ethyl adjacent to an activating group) is 1. The smallest absolute Gasteiger partial charge is 0.328 e. The Balaban J connectivity index is 1.58. The molecule has 1 aromatic carbocycles. The molecular weight excluding hydrogens is 344 g/mol. The minimum absolute atomic E-state index is 0.0945. The SMILES string of the molecule is CO[C@]12CC(Cn3cc(O)[nH]c3=O)CN(C)[C@@H]1Cc1c[nH]c3cccc2c13. The van der Waals surface area contributed by atoms with Gasteiger partial charge in [0.2, 0.25) is 5.88 Å². The van der Waals surface area contributed by atoms with E-state index in [0.29, 0.717) is 6.54 Å². The summed E-state index contributed by atoms with van der Waals surface area (Å²) in [5.41, 5.74) is 3.04.